The lowest BCUT2D eigenvalue weighted by Crippen LogP contribution is -2.56. The number of halogens is 2. The van der Waals surface area contributed by atoms with E-state index < -0.39 is 31.0 Å². The molecule has 1 fully saturated rings. The molecule has 0 radical (unpaired) electrons. The number of amides is 1. The number of aliphatic hydroxyl groups excluding tert-OH is 1. The predicted octanol–water partition coefficient (Wildman–Crippen LogP) is 2.32. The molecule has 1 aliphatic heterocycles. The van der Waals surface area contributed by atoms with Gasteiger partial charge >= 0.3 is 12.6 Å². The first-order valence-electron chi connectivity index (χ1n) is 13.5. The van der Waals surface area contributed by atoms with Gasteiger partial charge in [0.05, 0.1) is 23.9 Å². The van der Waals surface area contributed by atoms with Gasteiger partial charge in [-0.3, -0.25) is 23.7 Å². The molecule has 0 aliphatic carbocycles. The molecule has 0 unspecified atom stereocenters. The van der Waals surface area contributed by atoms with Crippen LogP contribution in [0, 0.1) is 0 Å². The number of carboxylic acid groups (broad SMARTS) is 1. The van der Waals surface area contributed by atoms with Gasteiger partial charge in [-0.25, -0.2) is 9.97 Å². The topological polar surface area (TPSA) is 143 Å². The van der Waals surface area contributed by atoms with Crippen LogP contribution in [0.15, 0.2) is 59.7 Å². The van der Waals surface area contributed by atoms with Gasteiger partial charge in [0, 0.05) is 56.2 Å². The molecule has 2 N–H and O–H groups in total. The number of aliphatic carboxylic acids is 1. The SMILES string of the molecule is C[C@@H]1CN(c2ncc(-c3ccc4c(=O)n(C)n(Cc5ccccc5OC(F)F)c4c3)cn2)CCN1C(=O)[C@H](O)CC(=O)O. The average Bonchev–Trinajstić information content (AvgIpc) is 3.21. The number of aromatic nitrogens is 4. The molecule has 12 nitrogen and oxygen atoms in total. The Morgan fingerprint density at radius 1 is 1.09 bits per heavy atom. The highest BCUT2D eigenvalue weighted by molar-refractivity contribution is 5.86. The van der Waals surface area contributed by atoms with Gasteiger partial charge in [0.15, 0.2) is 0 Å². The second-order valence-electron chi connectivity index (χ2n) is 10.3. The summed E-state index contributed by atoms with van der Waals surface area (Å²) in [7, 11) is 1.61. The Labute approximate surface area is 244 Å². The maximum absolute atomic E-state index is 13.0. The van der Waals surface area contributed by atoms with E-state index in [0.717, 1.165) is 5.56 Å². The molecule has 5 rings (SSSR count). The molecule has 0 saturated carbocycles. The minimum atomic E-state index is -2.98. The van der Waals surface area contributed by atoms with Crippen molar-refractivity contribution in [2.45, 2.75) is 38.6 Å². The molecule has 0 bridgehead atoms. The highest BCUT2D eigenvalue weighted by atomic mass is 19.3. The lowest BCUT2D eigenvalue weighted by atomic mass is 10.1. The fourth-order valence-corrected chi connectivity index (χ4v) is 5.29. The molecule has 226 valence electrons. The van der Waals surface area contributed by atoms with E-state index in [9.17, 15) is 28.3 Å². The zero-order valence-electron chi connectivity index (χ0n) is 23.4. The van der Waals surface area contributed by atoms with E-state index in [-0.39, 0.29) is 30.4 Å². The fourth-order valence-electron chi connectivity index (χ4n) is 5.29. The zero-order valence-corrected chi connectivity index (χ0v) is 23.4. The van der Waals surface area contributed by atoms with Crippen LogP contribution < -0.4 is 15.2 Å². The second-order valence-corrected chi connectivity index (χ2v) is 10.3. The van der Waals surface area contributed by atoms with Crippen molar-refractivity contribution in [1.82, 2.24) is 24.2 Å². The summed E-state index contributed by atoms with van der Waals surface area (Å²) in [6.45, 7) is 0.00982. The van der Waals surface area contributed by atoms with E-state index >= 15 is 0 Å². The maximum Gasteiger partial charge on any atom is 0.387 e. The Morgan fingerprint density at radius 2 is 1.81 bits per heavy atom. The van der Waals surface area contributed by atoms with Crippen molar-refractivity contribution in [3.63, 3.8) is 0 Å². The van der Waals surface area contributed by atoms with Crippen molar-refractivity contribution >= 4 is 28.7 Å². The quantitative estimate of drug-likeness (QED) is 0.298. The molecule has 2 aromatic carbocycles. The molecule has 2 atom stereocenters. The van der Waals surface area contributed by atoms with Crippen LogP contribution in [-0.4, -0.2) is 84.7 Å². The van der Waals surface area contributed by atoms with E-state index in [2.05, 4.69) is 14.7 Å². The Morgan fingerprint density at radius 3 is 2.49 bits per heavy atom. The van der Waals surface area contributed by atoms with Gasteiger partial charge in [-0.2, -0.15) is 8.78 Å². The fraction of sp³-hybridized carbons (Fsp3) is 0.345. The lowest BCUT2D eigenvalue weighted by molar-refractivity contribution is -0.150. The van der Waals surface area contributed by atoms with Crippen LogP contribution in [0.2, 0.25) is 0 Å². The number of rotatable bonds is 9. The van der Waals surface area contributed by atoms with Crippen molar-refractivity contribution in [3.05, 3.63) is 70.8 Å². The normalized spacial score (nSPS) is 16.1. The molecule has 1 aliphatic rings. The Balaban J connectivity index is 1.35. The molecule has 0 spiro atoms. The number of nitrogens with zero attached hydrogens (tertiary/aromatic N) is 6. The highest BCUT2D eigenvalue weighted by Crippen LogP contribution is 2.27. The molecule has 1 amide bonds. The monoisotopic (exact) mass is 596 g/mol. The summed E-state index contributed by atoms with van der Waals surface area (Å²) < 4.78 is 33.7. The Bertz CT molecular complexity index is 1710. The highest BCUT2D eigenvalue weighted by Gasteiger charge is 2.32. The first-order valence-corrected chi connectivity index (χ1v) is 13.5. The second kappa shape index (κ2) is 12.2. The zero-order chi connectivity index (χ0) is 30.8. The number of anilines is 1. The third-order valence-corrected chi connectivity index (χ3v) is 7.49. The van der Waals surface area contributed by atoms with Gasteiger partial charge in [0.1, 0.15) is 11.9 Å². The van der Waals surface area contributed by atoms with E-state index in [1.807, 2.05) is 11.0 Å². The van der Waals surface area contributed by atoms with Crippen LogP contribution in [0.25, 0.3) is 22.0 Å². The van der Waals surface area contributed by atoms with Crippen molar-refractivity contribution in [2.75, 3.05) is 24.5 Å². The van der Waals surface area contributed by atoms with Gasteiger partial charge < -0.3 is 24.7 Å². The smallest absolute Gasteiger partial charge is 0.387 e. The third kappa shape index (κ3) is 6.18. The lowest BCUT2D eigenvalue weighted by Gasteiger charge is -2.40. The van der Waals surface area contributed by atoms with Crippen LogP contribution >= 0.6 is 0 Å². The summed E-state index contributed by atoms with van der Waals surface area (Å²) in [5, 5.41) is 19.3. The van der Waals surface area contributed by atoms with Crippen molar-refractivity contribution in [3.8, 4) is 16.9 Å². The summed E-state index contributed by atoms with van der Waals surface area (Å²) >= 11 is 0. The van der Waals surface area contributed by atoms with Crippen molar-refractivity contribution in [2.24, 2.45) is 7.05 Å². The van der Waals surface area contributed by atoms with E-state index in [1.54, 1.807) is 61.4 Å². The van der Waals surface area contributed by atoms with Crippen LogP contribution in [-0.2, 0) is 23.2 Å². The number of piperazine rings is 1. The van der Waals surface area contributed by atoms with E-state index in [4.69, 9.17) is 5.11 Å². The molecule has 14 heteroatoms. The van der Waals surface area contributed by atoms with Crippen LogP contribution in [0.4, 0.5) is 14.7 Å². The predicted molar refractivity (Wildman–Crippen MR) is 152 cm³/mol. The number of fused-ring (bicyclic) bond motifs is 1. The molecule has 43 heavy (non-hydrogen) atoms. The number of alkyl halides is 2. The van der Waals surface area contributed by atoms with Crippen molar-refractivity contribution in [1.29, 1.82) is 0 Å². The van der Waals surface area contributed by atoms with Gasteiger partial charge in [-0.1, -0.05) is 24.3 Å². The van der Waals surface area contributed by atoms with Crippen LogP contribution in [0.3, 0.4) is 0 Å². The van der Waals surface area contributed by atoms with Gasteiger partial charge in [-0.15, -0.1) is 0 Å². The number of carboxylic acids is 1. The van der Waals surface area contributed by atoms with Gasteiger partial charge in [-0.05, 0) is 30.7 Å². The van der Waals surface area contributed by atoms with Crippen LogP contribution in [0.5, 0.6) is 5.75 Å². The largest absolute Gasteiger partial charge is 0.481 e. The van der Waals surface area contributed by atoms with Crippen molar-refractivity contribution < 1.29 is 33.3 Å². The average molecular weight is 597 g/mol. The molecular formula is C29H30F2N6O6. The number of benzene rings is 2. The number of ether oxygens (including phenoxy) is 1. The first kappa shape index (κ1) is 29.6. The molecule has 3 heterocycles. The Hall–Kier alpha value is -4.85. The number of hydrogen-bond acceptors (Lipinski definition) is 8. The number of carbonyl (C=O) groups is 2. The summed E-state index contributed by atoms with van der Waals surface area (Å²) in [5.74, 6) is -1.39. The molecule has 1 saturated heterocycles. The maximum atomic E-state index is 13.0. The third-order valence-electron chi connectivity index (χ3n) is 7.49. The number of hydrogen-bond donors (Lipinski definition) is 2. The molecule has 4 aromatic rings. The first-order chi connectivity index (χ1) is 20.5. The molecular weight excluding hydrogens is 566 g/mol. The summed E-state index contributed by atoms with van der Waals surface area (Å²) in [6.07, 6.45) is 1.06. The van der Waals surface area contributed by atoms with E-state index in [1.165, 1.54) is 15.6 Å². The summed E-state index contributed by atoms with van der Waals surface area (Å²) in [6, 6.07) is 11.4. The Kier molecular flexibility index (Phi) is 8.39. The van der Waals surface area contributed by atoms with Gasteiger partial charge in [0.2, 0.25) is 5.95 Å². The molecule has 2 aromatic heterocycles. The standard InChI is InChI=1S/C29H30F2N6O6/c1-17-15-35(9-10-36(17)27(42)23(38)12-25(39)40)29-32-13-20(14-33-29)18-7-8-21-22(11-18)37(34(2)26(21)41)16-19-5-3-4-6-24(19)43-28(30)31/h3-8,11,13-14,17,23,28,38H,9-10,12,15-16H2,1-2H3,(H,39,40)/t17-,23-/m1/s1. The number of para-hydroxylation sites is 1. The minimum absolute atomic E-state index is 0.0305. The summed E-state index contributed by atoms with van der Waals surface area (Å²) in [4.78, 5) is 48.7. The minimum Gasteiger partial charge on any atom is -0.481 e. The number of carbonyl (C=O) groups excluding carboxylic acids is 1. The van der Waals surface area contributed by atoms with E-state index in [0.29, 0.717) is 41.1 Å². The number of aliphatic hydroxyl groups is 1. The van der Waals surface area contributed by atoms with Gasteiger partial charge in [0.25, 0.3) is 11.5 Å². The van der Waals surface area contributed by atoms with Crippen LogP contribution in [0.1, 0.15) is 18.9 Å². The summed E-state index contributed by atoms with van der Waals surface area (Å²) in [5.41, 5.74) is 2.28.